The maximum Gasteiger partial charge on any atom is 0.427 e. The predicted octanol–water partition coefficient (Wildman–Crippen LogP) is 11.5. The number of fused-ring (bicyclic) bond motifs is 3. The molecule has 1 heterocycles. The summed E-state index contributed by atoms with van der Waals surface area (Å²) in [6.45, 7) is 4.42. The summed E-state index contributed by atoms with van der Waals surface area (Å²) >= 11 is 0. The van der Waals surface area contributed by atoms with E-state index in [1.54, 1.807) is 24.3 Å². The van der Waals surface area contributed by atoms with E-state index in [1.807, 2.05) is 6.07 Å². The smallest absolute Gasteiger partial charge is 0.425 e. The fourth-order valence-corrected chi connectivity index (χ4v) is 6.49. The Labute approximate surface area is 228 Å². The highest BCUT2D eigenvalue weighted by atomic mass is 19.3. The first kappa shape index (κ1) is 29.0. The highest BCUT2D eigenvalue weighted by molar-refractivity contribution is 5.77. The molecule has 0 saturated heterocycles. The van der Waals surface area contributed by atoms with E-state index in [4.69, 9.17) is 4.74 Å². The molecule has 1 fully saturated rings. The van der Waals surface area contributed by atoms with Crippen molar-refractivity contribution in [1.82, 2.24) is 0 Å². The van der Waals surface area contributed by atoms with Gasteiger partial charge in [0, 0.05) is 5.56 Å². The Morgan fingerprint density at radius 3 is 2.11 bits per heavy atom. The molecule has 0 amide bonds. The molecule has 2 aliphatic rings. The van der Waals surface area contributed by atoms with E-state index in [9.17, 15) is 0 Å². The van der Waals surface area contributed by atoms with E-state index in [1.165, 1.54) is 70.6 Å². The van der Waals surface area contributed by atoms with Gasteiger partial charge in [0.05, 0.1) is 5.56 Å². The third-order valence-corrected chi connectivity index (χ3v) is 8.89. The normalized spacial score (nSPS) is 20.0. The topological polar surface area (TPSA) is 9.23 Å². The summed E-state index contributed by atoms with van der Waals surface area (Å²) in [7, 11) is 0. The van der Waals surface area contributed by atoms with E-state index >= 15 is 13.2 Å². The molecule has 0 aromatic heterocycles. The maximum absolute atomic E-state index is 15.3. The van der Waals surface area contributed by atoms with Crippen LogP contribution in [0, 0.1) is 11.7 Å². The van der Waals surface area contributed by atoms with Crippen molar-refractivity contribution in [2.24, 2.45) is 5.92 Å². The van der Waals surface area contributed by atoms with Gasteiger partial charge in [0.1, 0.15) is 0 Å². The molecule has 0 spiro atoms. The third kappa shape index (κ3) is 7.16. The van der Waals surface area contributed by atoms with Crippen molar-refractivity contribution in [2.75, 3.05) is 0 Å². The van der Waals surface area contributed by atoms with Crippen molar-refractivity contribution < 1.29 is 17.9 Å². The van der Waals surface area contributed by atoms with Crippen LogP contribution in [0.3, 0.4) is 0 Å². The third-order valence-electron chi connectivity index (χ3n) is 8.89. The van der Waals surface area contributed by atoms with Crippen LogP contribution < -0.4 is 4.74 Å². The summed E-state index contributed by atoms with van der Waals surface area (Å²) in [4.78, 5) is 0. The number of halogens is 3. The number of aryl methyl sites for hydroxylation is 1. The van der Waals surface area contributed by atoms with Gasteiger partial charge in [-0.05, 0) is 73.1 Å². The van der Waals surface area contributed by atoms with Crippen LogP contribution in [0.2, 0.25) is 0 Å². The predicted molar refractivity (Wildman–Crippen MR) is 152 cm³/mol. The molecule has 0 bridgehead atoms. The molecule has 1 nitrogen and oxygen atoms in total. The summed E-state index contributed by atoms with van der Waals surface area (Å²) in [6.07, 6.45) is 16.0. The van der Waals surface area contributed by atoms with Crippen molar-refractivity contribution in [3.8, 4) is 16.9 Å². The van der Waals surface area contributed by atoms with E-state index in [2.05, 4.69) is 13.8 Å². The fourth-order valence-electron chi connectivity index (χ4n) is 6.49. The van der Waals surface area contributed by atoms with Crippen molar-refractivity contribution in [2.45, 2.75) is 135 Å². The van der Waals surface area contributed by atoms with Gasteiger partial charge >= 0.3 is 6.11 Å². The van der Waals surface area contributed by atoms with Crippen LogP contribution in [0.25, 0.3) is 11.1 Å². The number of unbranched alkanes of at least 4 members (excludes halogenated alkanes) is 9. The number of ether oxygens (including phenoxy) is 1. The molecule has 0 atom stereocenters. The van der Waals surface area contributed by atoms with Gasteiger partial charge in [0.2, 0.25) is 0 Å². The summed E-state index contributed by atoms with van der Waals surface area (Å²) in [5, 5.41) is 0. The summed E-state index contributed by atoms with van der Waals surface area (Å²) in [5.41, 5.74) is 2.15. The standard InChI is InChI=1S/C34H47F3O/c1-3-5-7-9-11-13-15-27-20-23-30-29-22-21-28(24-31(29)34(36,37)38-33(30)32(27)35)26-18-16-25(17-19-26)14-12-10-8-6-4-2/h20-26H,3-19H2,1-2H3. The molecule has 2 aromatic rings. The van der Waals surface area contributed by atoms with Gasteiger partial charge < -0.3 is 4.74 Å². The van der Waals surface area contributed by atoms with Crippen LogP contribution in [-0.4, -0.2) is 0 Å². The first-order chi connectivity index (χ1) is 18.4. The first-order valence-electron chi connectivity index (χ1n) is 15.5. The number of rotatable bonds is 14. The van der Waals surface area contributed by atoms with Crippen LogP contribution in [0.1, 0.15) is 139 Å². The van der Waals surface area contributed by atoms with Gasteiger partial charge in [0.25, 0.3) is 0 Å². The van der Waals surface area contributed by atoms with Gasteiger partial charge in [-0.15, -0.1) is 0 Å². The zero-order valence-corrected chi connectivity index (χ0v) is 23.6. The van der Waals surface area contributed by atoms with E-state index in [0.29, 0.717) is 29.0 Å². The molecule has 210 valence electrons. The Balaban J connectivity index is 1.40. The van der Waals surface area contributed by atoms with E-state index < -0.39 is 11.9 Å². The molecule has 1 aliphatic carbocycles. The van der Waals surface area contributed by atoms with Crippen LogP contribution in [0.5, 0.6) is 5.75 Å². The van der Waals surface area contributed by atoms with Crippen LogP contribution in [0.4, 0.5) is 13.2 Å². The minimum atomic E-state index is -3.53. The van der Waals surface area contributed by atoms with Crippen molar-refractivity contribution in [1.29, 1.82) is 0 Å². The van der Waals surface area contributed by atoms with Crippen LogP contribution in [-0.2, 0) is 12.5 Å². The molecule has 1 aliphatic heterocycles. The molecule has 4 rings (SSSR count). The van der Waals surface area contributed by atoms with Crippen molar-refractivity contribution in [3.05, 3.63) is 52.8 Å². The molecule has 0 radical (unpaired) electrons. The Kier molecular flexibility index (Phi) is 10.6. The molecule has 1 saturated carbocycles. The number of hydrogen-bond donors (Lipinski definition) is 0. The Morgan fingerprint density at radius 2 is 1.39 bits per heavy atom. The highest BCUT2D eigenvalue weighted by Crippen LogP contribution is 2.50. The Bertz CT molecular complexity index is 1020. The number of hydrogen-bond acceptors (Lipinski definition) is 1. The minimum Gasteiger partial charge on any atom is -0.425 e. The average Bonchev–Trinajstić information content (AvgIpc) is 2.92. The lowest BCUT2D eigenvalue weighted by molar-refractivity contribution is -0.188. The van der Waals surface area contributed by atoms with Crippen LogP contribution >= 0.6 is 0 Å². The molecule has 0 unspecified atom stereocenters. The van der Waals surface area contributed by atoms with Gasteiger partial charge in [-0.1, -0.05) is 109 Å². The monoisotopic (exact) mass is 528 g/mol. The average molecular weight is 529 g/mol. The Morgan fingerprint density at radius 1 is 0.763 bits per heavy atom. The molecular formula is C34H47F3O. The second kappa shape index (κ2) is 13.9. The molecule has 2 aromatic carbocycles. The second-order valence-corrected chi connectivity index (χ2v) is 11.8. The Hall–Kier alpha value is -1.97. The number of benzene rings is 2. The zero-order valence-electron chi connectivity index (χ0n) is 23.6. The molecule has 4 heteroatoms. The minimum absolute atomic E-state index is 0.122. The van der Waals surface area contributed by atoms with Gasteiger partial charge in [0.15, 0.2) is 11.6 Å². The van der Waals surface area contributed by atoms with E-state index in [0.717, 1.165) is 43.6 Å². The van der Waals surface area contributed by atoms with Gasteiger partial charge in [-0.2, -0.15) is 8.78 Å². The highest BCUT2D eigenvalue weighted by Gasteiger charge is 2.44. The van der Waals surface area contributed by atoms with E-state index in [-0.39, 0.29) is 11.3 Å². The zero-order chi connectivity index (χ0) is 27.0. The van der Waals surface area contributed by atoms with Crippen molar-refractivity contribution in [3.63, 3.8) is 0 Å². The lowest BCUT2D eigenvalue weighted by Crippen LogP contribution is -2.28. The maximum atomic E-state index is 15.3. The molecule has 0 N–H and O–H groups in total. The number of alkyl halides is 2. The van der Waals surface area contributed by atoms with Gasteiger partial charge in [-0.25, -0.2) is 4.39 Å². The quantitative estimate of drug-likeness (QED) is 0.222. The van der Waals surface area contributed by atoms with Crippen molar-refractivity contribution >= 4 is 0 Å². The summed E-state index contributed by atoms with van der Waals surface area (Å²) in [5.74, 6) is 0.164. The largest absolute Gasteiger partial charge is 0.427 e. The molecule has 38 heavy (non-hydrogen) atoms. The summed E-state index contributed by atoms with van der Waals surface area (Å²) < 4.78 is 50.9. The summed E-state index contributed by atoms with van der Waals surface area (Å²) in [6, 6.07) is 8.92. The first-order valence-corrected chi connectivity index (χ1v) is 15.5. The SMILES string of the molecule is CCCCCCCCc1ccc2c(c1F)OC(F)(F)c1cc(C3CCC(CCCCCCC)CC3)ccc1-2. The lowest BCUT2D eigenvalue weighted by atomic mass is 9.76. The van der Waals surface area contributed by atoms with Crippen LogP contribution in [0.15, 0.2) is 30.3 Å². The molecular weight excluding hydrogens is 481 g/mol. The fraction of sp³-hybridized carbons (Fsp3) is 0.647. The van der Waals surface area contributed by atoms with Gasteiger partial charge in [-0.3, -0.25) is 0 Å². The lowest BCUT2D eigenvalue weighted by Gasteiger charge is -2.32. The second-order valence-electron chi connectivity index (χ2n) is 11.8.